The van der Waals surface area contributed by atoms with Crippen molar-refractivity contribution >= 4 is 17.0 Å². The van der Waals surface area contributed by atoms with Gasteiger partial charge in [-0.05, 0) is 50.9 Å². The van der Waals surface area contributed by atoms with Crippen molar-refractivity contribution in [3.8, 4) is 11.1 Å². The summed E-state index contributed by atoms with van der Waals surface area (Å²) in [4.78, 5) is 19.2. The third-order valence-electron chi connectivity index (χ3n) is 5.86. The van der Waals surface area contributed by atoms with Gasteiger partial charge in [0.15, 0.2) is 0 Å². The van der Waals surface area contributed by atoms with E-state index in [9.17, 15) is 0 Å². The SMILES string of the molecule is C[C@@H]1[C@@H](Nc2ncc(-c3cnc4[nH]ccc4c3)cn2)C2CCN1CC2. The lowest BCUT2D eigenvalue weighted by molar-refractivity contribution is 0.0455. The van der Waals surface area contributed by atoms with Gasteiger partial charge in [0.2, 0.25) is 5.95 Å². The molecule has 0 unspecified atom stereocenters. The third-order valence-corrected chi connectivity index (χ3v) is 5.86. The minimum absolute atomic E-state index is 0.450. The molecule has 2 N–H and O–H groups in total. The first-order valence-electron chi connectivity index (χ1n) is 9.04. The predicted octanol–water partition coefficient (Wildman–Crippen LogP) is 2.91. The van der Waals surface area contributed by atoms with E-state index in [1.165, 1.54) is 25.9 Å². The number of hydrogen-bond donors (Lipinski definition) is 2. The van der Waals surface area contributed by atoms with E-state index in [0.717, 1.165) is 34.0 Å². The lowest BCUT2D eigenvalue weighted by Crippen LogP contribution is -2.59. The van der Waals surface area contributed by atoms with Gasteiger partial charge in [-0.1, -0.05) is 0 Å². The van der Waals surface area contributed by atoms with Crippen molar-refractivity contribution in [2.45, 2.75) is 31.8 Å². The standard InChI is InChI=1S/C19H22N6/c1-12-17(13-3-6-25(12)7-4-13)24-19-22-10-16(11-23-19)15-8-14-2-5-20-18(14)21-9-15/h2,5,8-13,17H,3-4,6-7H2,1H3,(H,20,21)(H,22,23,24)/t12-,17-/m1/s1. The molecule has 3 aliphatic rings. The number of rotatable bonds is 3. The molecule has 0 aromatic carbocycles. The molecule has 0 aliphatic carbocycles. The van der Waals surface area contributed by atoms with Crippen molar-refractivity contribution in [1.82, 2.24) is 24.8 Å². The normalized spacial score (nSPS) is 28.4. The van der Waals surface area contributed by atoms with Gasteiger partial charge in [0.25, 0.3) is 0 Å². The Morgan fingerprint density at radius 3 is 2.60 bits per heavy atom. The van der Waals surface area contributed by atoms with Gasteiger partial charge in [0, 0.05) is 53.4 Å². The number of aromatic amines is 1. The van der Waals surface area contributed by atoms with Crippen molar-refractivity contribution in [1.29, 1.82) is 0 Å². The number of fused-ring (bicyclic) bond motifs is 4. The Hall–Kier alpha value is -2.47. The van der Waals surface area contributed by atoms with Crippen LogP contribution in [0, 0.1) is 5.92 Å². The van der Waals surface area contributed by atoms with Crippen LogP contribution < -0.4 is 5.32 Å². The van der Waals surface area contributed by atoms with Gasteiger partial charge in [-0.3, -0.25) is 4.90 Å². The summed E-state index contributed by atoms with van der Waals surface area (Å²) in [7, 11) is 0. The molecule has 3 aliphatic heterocycles. The summed E-state index contributed by atoms with van der Waals surface area (Å²) in [5.41, 5.74) is 2.93. The molecule has 25 heavy (non-hydrogen) atoms. The van der Waals surface area contributed by atoms with Crippen molar-refractivity contribution in [2.24, 2.45) is 5.92 Å². The number of hydrogen-bond acceptors (Lipinski definition) is 5. The zero-order valence-electron chi connectivity index (χ0n) is 14.3. The largest absolute Gasteiger partial charge is 0.350 e. The van der Waals surface area contributed by atoms with E-state index in [-0.39, 0.29) is 0 Å². The molecule has 6 nitrogen and oxygen atoms in total. The second kappa shape index (κ2) is 5.81. The van der Waals surface area contributed by atoms with Gasteiger partial charge < -0.3 is 10.3 Å². The second-order valence-electron chi connectivity index (χ2n) is 7.22. The maximum absolute atomic E-state index is 4.56. The molecule has 2 atom stereocenters. The van der Waals surface area contributed by atoms with Crippen LogP contribution in [0.2, 0.25) is 0 Å². The lowest BCUT2D eigenvalue weighted by Gasteiger charge is -2.49. The van der Waals surface area contributed by atoms with Gasteiger partial charge in [0.1, 0.15) is 5.65 Å². The first-order chi connectivity index (χ1) is 12.3. The van der Waals surface area contributed by atoms with Crippen molar-refractivity contribution in [2.75, 3.05) is 18.4 Å². The number of pyridine rings is 1. The summed E-state index contributed by atoms with van der Waals surface area (Å²) < 4.78 is 0. The van der Waals surface area contributed by atoms with Gasteiger partial charge in [-0.2, -0.15) is 0 Å². The predicted molar refractivity (Wildman–Crippen MR) is 98.3 cm³/mol. The molecule has 3 fully saturated rings. The van der Waals surface area contributed by atoms with Crippen LogP contribution in [0.1, 0.15) is 19.8 Å². The summed E-state index contributed by atoms with van der Waals surface area (Å²) in [5, 5.41) is 4.68. The van der Waals surface area contributed by atoms with E-state index in [4.69, 9.17) is 0 Å². The van der Waals surface area contributed by atoms with Gasteiger partial charge in [-0.15, -0.1) is 0 Å². The molecule has 3 saturated heterocycles. The number of piperidine rings is 3. The summed E-state index contributed by atoms with van der Waals surface area (Å²) in [6.07, 6.45) is 10.1. The maximum Gasteiger partial charge on any atom is 0.222 e. The molecule has 128 valence electrons. The summed E-state index contributed by atoms with van der Waals surface area (Å²) in [6, 6.07) is 5.14. The molecule has 0 saturated carbocycles. The highest BCUT2D eigenvalue weighted by atomic mass is 15.2. The molecule has 6 heteroatoms. The van der Waals surface area contributed by atoms with E-state index < -0.39 is 0 Å². The van der Waals surface area contributed by atoms with Crippen molar-refractivity contribution < 1.29 is 0 Å². The lowest BCUT2D eigenvalue weighted by atomic mass is 9.79. The fraction of sp³-hybridized carbons (Fsp3) is 0.421. The second-order valence-corrected chi connectivity index (χ2v) is 7.22. The Balaban J connectivity index is 1.36. The Morgan fingerprint density at radius 2 is 1.84 bits per heavy atom. The van der Waals surface area contributed by atoms with E-state index in [1.54, 1.807) is 0 Å². The number of anilines is 1. The van der Waals surface area contributed by atoms with E-state index >= 15 is 0 Å². The van der Waals surface area contributed by atoms with Crippen LogP contribution in [0.5, 0.6) is 0 Å². The molecular formula is C19H22N6. The highest BCUT2D eigenvalue weighted by Crippen LogP contribution is 2.33. The van der Waals surface area contributed by atoms with Crippen LogP contribution in [0.4, 0.5) is 5.95 Å². The number of nitrogens with one attached hydrogen (secondary N) is 2. The fourth-order valence-corrected chi connectivity index (χ4v) is 4.34. The van der Waals surface area contributed by atoms with E-state index in [2.05, 4.69) is 43.1 Å². The molecule has 3 aromatic rings. The Bertz CT molecular complexity index is 876. The Labute approximate surface area is 146 Å². The molecule has 6 heterocycles. The maximum atomic E-state index is 4.56. The van der Waals surface area contributed by atoms with Gasteiger partial charge >= 0.3 is 0 Å². The van der Waals surface area contributed by atoms with Crippen LogP contribution in [-0.2, 0) is 0 Å². The fourth-order valence-electron chi connectivity index (χ4n) is 4.34. The monoisotopic (exact) mass is 334 g/mol. The average molecular weight is 334 g/mol. The van der Waals surface area contributed by atoms with Gasteiger partial charge in [0.05, 0.1) is 0 Å². The first kappa shape index (κ1) is 14.8. The van der Waals surface area contributed by atoms with Crippen molar-refractivity contribution in [3.63, 3.8) is 0 Å². The van der Waals surface area contributed by atoms with E-state index in [0.29, 0.717) is 12.1 Å². The molecule has 3 aromatic heterocycles. The molecule has 0 spiro atoms. The molecule has 6 rings (SSSR count). The zero-order chi connectivity index (χ0) is 16.8. The molecule has 2 bridgehead atoms. The summed E-state index contributed by atoms with van der Waals surface area (Å²) >= 11 is 0. The quantitative estimate of drug-likeness (QED) is 0.771. The number of aromatic nitrogens is 4. The third kappa shape index (κ3) is 2.57. The summed E-state index contributed by atoms with van der Waals surface area (Å²) in [6.45, 7) is 4.78. The van der Waals surface area contributed by atoms with Crippen LogP contribution in [0.25, 0.3) is 22.2 Å². The van der Waals surface area contributed by atoms with Crippen LogP contribution in [0.15, 0.2) is 36.9 Å². The minimum Gasteiger partial charge on any atom is -0.350 e. The topological polar surface area (TPSA) is 69.7 Å². The average Bonchev–Trinajstić information content (AvgIpc) is 3.13. The Kier molecular flexibility index (Phi) is 3.45. The van der Waals surface area contributed by atoms with Crippen LogP contribution >= 0.6 is 0 Å². The first-order valence-corrected chi connectivity index (χ1v) is 9.04. The molecular weight excluding hydrogens is 312 g/mol. The summed E-state index contributed by atoms with van der Waals surface area (Å²) in [5.74, 6) is 1.47. The minimum atomic E-state index is 0.450. The Morgan fingerprint density at radius 1 is 1.08 bits per heavy atom. The zero-order valence-corrected chi connectivity index (χ0v) is 14.3. The highest BCUT2D eigenvalue weighted by molar-refractivity contribution is 5.80. The van der Waals surface area contributed by atoms with Crippen molar-refractivity contribution in [3.05, 3.63) is 36.9 Å². The van der Waals surface area contributed by atoms with Crippen LogP contribution in [-0.4, -0.2) is 50.0 Å². The molecule has 0 amide bonds. The van der Waals surface area contributed by atoms with Gasteiger partial charge in [-0.25, -0.2) is 15.0 Å². The highest BCUT2D eigenvalue weighted by Gasteiger charge is 2.39. The number of nitrogens with zero attached hydrogens (tertiary/aromatic N) is 4. The smallest absolute Gasteiger partial charge is 0.222 e. The number of H-pyrrole nitrogens is 1. The van der Waals surface area contributed by atoms with E-state index in [1.807, 2.05) is 30.9 Å². The molecule has 0 radical (unpaired) electrons. The van der Waals surface area contributed by atoms with Crippen LogP contribution in [0.3, 0.4) is 0 Å².